The summed E-state index contributed by atoms with van der Waals surface area (Å²) in [5.74, 6) is -0.417. The van der Waals surface area contributed by atoms with E-state index in [1.807, 2.05) is 6.07 Å². The highest BCUT2D eigenvalue weighted by Gasteiger charge is 2.26. The average Bonchev–Trinajstić information content (AvgIpc) is 3.29. The fourth-order valence-electron chi connectivity index (χ4n) is 3.15. The summed E-state index contributed by atoms with van der Waals surface area (Å²) in [5, 5.41) is 17.3. The van der Waals surface area contributed by atoms with Crippen molar-refractivity contribution in [2.24, 2.45) is 0 Å². The summed E-state index contributed by atoms with van der Waals surface area (Å²) < 4.78 is 16.4. The van der Waals surface area contributed by atoms with Crippen molar-refractivity contribution in [3.63, 3.8) is 0 Å². The van der Waals surface area contributed by atoms with Gasteiger partial charge in [0.05, 0.1) is 35.0 Å². The quantitative estimate of drug-likeness (QED) is 0.724. The van der Waals surface area contributed by atoms with Gasteiger partial charge in [-0.3, -0.25) is 9.48 Å². The first-order valence-electron chi connectivity index (χ1n) is 8.21. The first-order valence-corrected chi connectivity index (χ1v) is 8.21. The first-order chi connectivity index (χ1) is 12.7. The molecule has 0 atom stereocenters. The summed E-state index contributed by atoms with van der Waals surface area (Å²) in [5.41, 5.74) is 2.86. The van der Waals surface area contributed by atoms with Crippen molar-refractivity contribution in [3.8, 4) is 11.8 Å². The summed E-state index contributed by atoms with van der Waals surface area (Å²) >= 11 is 0. The number of hydrogen-bond acceptors (Lipinski definition) is 4. The maximum atomic E-state index is 13.2. The molecule has 0 radical (unpaired) electrons. The van der Waals surface area contributed by atoms with Crippen LogP contribution in [0.1, 0.15) is 17.7 Å². The molecular formula is C18H15FN6O. The van der Waals surface area contributed by atoms with E-state index in [0.29, 0.717) is 12.1 Å². The largest absolute Gasteiger partial charge is 0.308 e. The van der Waals surface area contributed by atoms with Crippen LogP contribution in [0.2, 0.25) is 0 Å². The fourth-order valence-corrected chi connectivity index (χ4v) is 3.15. The van der Waals surface area contributed by atoms with E-state index < -0.39 is 0 Å². The third kappa shape index (κ3) is 2.84. The van der Waals surface area contributed by atoms with Crippen LogP contribution < -0.4 is 4.90 Å². The lowest BCUT2D eigenvalue weighted by Gasteiger charge is -2.27. The SMILES string of the molecule is N#Cc1cnn(CC(=O)N2CCCc3c2cnn3-c2ccc(F)cc2)c1. The third-order valence-corrected chi connectivity index (χ3v) is 4.36. The van der Waals surface area contributed by atoms with Crippen LogP contribution in [-0.2, 0) is 17.8 Å². The highest BCUT2D eigenvalue weighted by Crippen LogP contribution is 2.29. The Bertz CT molecular complexity index is 998. The molecule has 0 bridgehead atoms. The molecule has 0 unspecified atom stereocenters. The van der Waals surface area contributed by atoms with Crippen LogP contribution in [0.5, 0.6) is 0 Å². The van der Waals surface area contributed by atoms with E-state index in [2.05, 4.69) is 10.2 Å². The molecule has 2 aromatic heterocycles. The van der Waals surface area contributed by atoms with Crippen molar-refractivity contribution in [1.82, 2.24) is 19.6 Å². The smallest absolute Gasteiger partial charge is 0.248 e. The van der Waals surface area contributed by atoms with Gasteiger partial charge in [0, 0.05) is 12.7 Å². The highest BCUT2D eigenvalue weighted by molar-refractivity contribution is 5.94. The molecule has 4 rings (SSSR count). The average molecular weight is 350 g/mol. The number of anilines is 1. The molecule has 0 fully saturated rings. The van der Waals surface area contributed by atoms with E-state index in [1.54, 1.807) is 34.1 Å². The van der Waals surface area contributed by atoms with Crippen molar-refractivity contribution >= 4 is 11.6 Å². The molecule has 0 saturated heterocycles. The number of carbonyl (C=O) groups excluding carboxylic acids is 1. The predicted molar refractivity (Wildman–Crippen MR) is 91.1 cm³/mol. The van der Waals surface area contributed by atoms with E-state index in [1.165, 1.54) is 23.0 Å². The monoisotopic (exact) mass is 350 g/mol. The topological polar surface area (TPSA) is 79.7 Å². The lowest BCUT2D eigenvalue weighted by molar-refractivity contribution is -0.119. The Morgan fingerprint density at radius 2 is 2.04 bits per heavy atom. The van der Waals surface area contributed by atoms with E-state index in [-0.39, 0.29) is 18.3 Å². The van der Waals surface area contributed by atoms with Gasteiger partial charge in [-0.05, 0) is 37.1 Å². The van der Waals surface area contributed by atoms with Crippen LogP contribution in [0.3, 0.4) is 0 Å². The number of nitrogens with zero attached hydrogens (tertiary/aromatic N) is 6. The molecule has 26 heavy (non-hydrogen) atoms. The van der Waals surface area contributed by atoms with Gasteiger partial charge in [-0.1, -0.05) is 0 Å². The van der Waals surface area contributed by atoms with Gasteiger partial charge in [-0.2, -0.15) is 15.5 Å². The van der Waals surface area contributed by atoms with E-state index in [9.17, 15) is 9.18 Å². The van der Waals surface area contributed by atoms with Gasteiger partial charge in [0.1, 0.15) is 18.4 Å². The lowest BCUT2D eigenvalue weighted by atomic mass is 10.1. The zero-order chi connectivity index (χ0) is 18.1. The Labute approximate surface area is 148 Å². The maximum Gasteiger partial charge on any atom is 0.248 e. The van der Waals surface area contributed by atoms with Crippen LogP contribution in [-0.4, -0.2) is 32.0 Å². The number of fused-ring (bicyclic) bond motifs is 1. The molecule has 1 aromatic carbocycles. The Balaban J connectivity index is 1.60. The Hall–Kier alpha value is -3.47. The van der Waals surface area contributed by atoms with Gasteiger partial charge >= 0.3 is 0 Å². The molecule has 0 aliphatic carbocycles. The molecule has 1 aliphatic heterocycles. The zero-order valence-corrected chi connectivity index (χ0v) is 13.8. The molecule has 3 aromatic rings. The normalized spacial score (nSPS) is 13.3. The number of rotatable bonds is 3. The summed E-state index contributed by atoms with van der Waals surface area (Å²) in [6, 6.07) is 8.10. The number of aromatic nitrogens is 4. The standard InChI is InChI=1S/C18H15FN6O/c19-14-3-5-15(6-4-14)25-16-2-1-7-24(17(16)10-22-25)18(26)12-23-11-13(8-20)9-21-23/h3-6,9-11H,1-2,7,12H2. The van der Waals surface area contributed by atoms with Crippen molar-refractivity contribution in [3.05, 3.63) is 59.9 Å². The number of carbonyl (C=O) groups is 1. The van der Waals surface area contributed by atoms with Crippen LogP contribution in [0.25, 0.3) is 5.69 Å². The predicted octanol–water partition coefficient (Wildman–Crippen LogP) is 2.06. The van der Waals surface area contributed by atoms with Crippen molar-refractivity contribution in [2.45, 2.75) is 19.4 Å². The van der Waals surface area contributed by atoms with E-state index >= 15 is 0 Å². The molecule has 3 heterocycles. The van der Waals surface area contributed by atoms with Crippen molar-refractivity contribution < 1.29 is 9.18 Å². The third-order valence-electron chi connectivity index (χ3n) is 4.36. The second kappa shape index (κ2) is 6.44. The maximum absolute atomic E-state index is 13.2. The van der Waals surface area contributed by atoms with Crippen LogP contribution in [0.15, 0.2) is 42.9 Å². The second-order valence-electron chi connectivity index (χ2n) is 6.05. The van der Waals surface area contributed by atoms with E-state index in [0.717, 1.165) is 29.9 Å². The Morgan fingerprint density at radius 3 is 2.77 bits per heavy atom. The van der Waals surface area contributed by atoms with Gasteiger partial charge in [0.25, 0.3) is 0 Å². The minimum Gasteiger partial charge on any atom is -0.308 e. The Kier molecular flexibility index (Phi) is 3.97. The van der Waals surface area contributed by atoms with Crippen molar-refractivity contribution in [1.29, 1.82) is 5.26 Å². The Morgan fingerprint density at radius 1 is 1.23 bits per heavy atom. The fraction of sp³-hybridized carbons (Fsp3) is 0.222. The van der Waals surface area contributed by atoms with Gasteiger partial charge in [0.15, 0.2) is 0 Å². The molecule has 8 heteroatoms. The zero-order valence-electron chi connectivity index (χ0n) is 13.8. The highest BCUT2D eigenvalue weighted by atomic mass is 19.1. The molecular weight excluding hydrogens is 335 g/mol. The molecule has 130 valence electrons. The molecule has 7 nitrogen and oxygen atoms in total. The van der Waals surface area contributed by atoms with E-state index in [4.69, 9.17) is 5.26 Å². The summed E-state index contributed by atoms with van der Waals surface area (Å²) in [6.45, 7) is 0.663. The molecule has 0 saturated carbocycles. The van der Waals surface area contributed by atoms with Gasteiger partial charge < -0.3 is 4.90 Å². The summed E-state index contributed by atoms with van der Waals surface area (Å²) in [7, 11) is 0. The van der Waals surface area contributed by atoms with Crippen LogP contribution in [0.4, 0.5) is 10.1 Å². The van der Waals surface area contributed by atoms with Gasteiger partial charge in [-0.25, -0.2) is 9.07 Å². The van der Waals surface area contributed by atoms with Gasteiger partial charge in [0.2, 0.25) is 5.91 Å². The van der Waals surface area contributed by atoms with Crippen LogP contribution >= 0.6 is 0 Å². The number of nitriles is 1. The first kappa shape index (κ1) is 16.0. The lowest BCUT2D eigenvalue weighted by Crippen LogP contribution is -2.37. The molecule has 0 N–H and O–H groups in total. The van der Waals surface area contributed by atoms with Gasteiger partial charge in [-0.15, -0.1) is 0 Å². The van der Waals surface area contributed by atoms with Crippen molar-refractivity contribution in [2.75, 3.05) is 11.4 Å². The minimum atomic E-state index is -0.303. The second-order valence-corrected chi connectivity index (χ2v) is 6.05. The molecule has 1 aliphatic rings. The minimum absolute atomic E-state index is 0.0584. The number of halogens is 1. The molecule has 0 spiro atoms. The molecule has 1 amide bonds. The van der Waals surface area contributed by atoms with Crippen LogP contribution in [0, 0.1) is 17.1 Å². The number of benzene rings is 1. The summed E-state index contributed by atoms with van der Waals surface area (Å²) in [6.07, 6.45) is 6.25. The number of amides is 1. The number of hydrogen-bond donors (Lipinski definition) is 0. The summed E-state index contributed by atoms with van der Waals surface area (Å²) in [4.78, 5) is 14.4.